The van der Waals surface area contributed by atoms with Gasteiger partial charge in [-0.1, -0.05) is 30.3 Å². The fourth-order valence-electron chi connectivity index (χ4n) is 2.28. The average molecular weight is 244 g/mol. The number of aliphatic hydroxyl groups is 1. The zero-order chi connectivity index (χ0) is 12.5. The number of benzene rings is 2. The Morgan fingerprint density at radius 3 is 2.56 bits per heavy atom. The lowest BCUT2D eigenvalue weighted by Gasteiger charge is -2.29. The van der Waals surface area contributed by atoms with Crippen LogP contribution in [0, 0.1) is 5.82 Å². The fraction of sp³-hybridized carbons (Fsp3) is 0.200. The maximum Gasteiger partial charge on any atom is 0.127 e. The van der Waals surface area contributed by atoms with Gasteiger partial charge in [0.1, 0.15) is 17.7 Å². The quantitative estimate of drug-likeness (QED) is 0.833. The van der Waals surface area contributed by atoms with Crippen LogP contribution in [0.1, 0.15) is 29.8 Å². The Balaban J connectivity index is 1.92. The van der Waals surface area contributed by atoms with Crippen LogP contribution in [0.5, 0.6) is 5.75 Å². The molecule has 0 saturated heterocycles. The highest BCUT2D eigenvalue weighted by Crippen LogP contribution is 2.40. The SMILES string of the molecule is O[C@@H]1C[C@H](c2ccc(F)cc2)Oc2ccccc21. The molecule has 0 saturated carbocycles. The summed E-state index contributed by atoms with van der Waals surface area (Å²) in [6.45, 7) is 0. The molecular formula is C15H13FO2. The van der Waals surface area contributed by atoms with Crippen LogP contribution >= 0.6 is 0 Å². The van der Waals surface area contributed by atoms with Crippen molar-refractivity contribution < 1.29 is 14.2 Å². The van der Waals surface area contributed by atoms with E-state index in [0.29, 0.717) is 12.2 Å². The maximum absolute atomic E-state index is 12.9. The van der Waals surface area contributed by atoms with Gasteiger partial charge in [-0.15, -0.1) is 0 Å². The number of para-hydroxylation sites is 1. The zero-order valence-electron chi connectivity index (χ0n) is 9.71. The molecule has 2 atom stereocenters. The van der Waals surface area contributed by atoms with Gasteiger partial charge >= 0.3 is 0 Å². The van der Waals surface area contributed by atoms with Crippen molar-refractivity contribution in [2.24, 2.45) is 0 Å². The van der Waals surface area contributed by atoms with Gasteiger partial charge in [0.05, 0.1) is 6.10 Å². The molecular weight excluding hydrogens is 231 g/mol. The van der Waals surface area contributed by atoms with Crippen LogP contribution in [0.4, 0.5) is 4.39 Å². The Morgan fingerprint density at radius 2 is 1.78 bits per heavy atom. The Morgan fingerprint density at radius 1 is 1.06 bits per heavy atom. The average Bonchev–Trinajstić information content (AvgIpc) is 2.39. The van der Waals surface area contributed by atoms with Gasteiger partial charge in [0.25, 0.3) is 0 Å². The van der Waals surface area contributed by atoms with Crippen LogP contribution in [0.15, 0.2) is 48.5 Å². The minimum atomic E-state index is -0.537. The second-order valence-corrected chi connectivity index (χ2v) is 4.45. The normalized spacial score (nSPS) is 22.1. The van der Waals surface area contributed by atoms with Crippen molar-refractivity contribution in [3.05, 3.63) is 65.5 Å². The van der Waals surface area contributed by atoms with Gasteiger partial charge in [-0.3, -0.25) is 0 Å². The van der Waals surface area contributed by atoms with E-state index < -0.39 is 6.10 Å². The van der Waals surface area contributed by atoms with Crippen molar-refractivity contribution in [2.75, 3.05) is 0 Å². The molecule has 2 aromatic carbocycles. The predicted octanol–water partition coefficient (Wildman–Crippen LogP) is 3.38. The molecule has 3 rings (SSSR count). The van der Waals surface area contributed by atoms with E-state index in [1.807, 2.05) is 24.3 Å². The smallest absolute Gasteiger partial charge is 0.127 e. The lowest BCUT2D eigenvalue weighted by Crippen LogP contribution is -2.18. The van der Waals surface area contributed by atoms with Gasteiger partial charge < -0.3 is 9.84 Å². The number of hydrogen-bond donors (Lipinski definition) is 1. The van der Waals surface area contributed by atoms with Gasteiger partial charge in [-0.25, -0.2) is 4.39 Å². The number of fused-ring (bicyclic) bond motifs is 1. The minimum Gasteiger partial charge on any atom is -0.485 e. The lowest BCUT2D eigenvalue weighted by atomic mass is 9.95. The number of halogens is 1. The first kappa shape index (κ1) is 11.2. The summed E-state index contributed by atoms with van der Waals surface area (Å²) in [6.07, 6.45) is -0.275. The molecule has 0 radical (unpaired) electrons. The predicted molar refractivity (Wildman–Crippen MR) is 65.8 cm³/mol. The topological polar surface area (TPSA) is 29.5 Å². The number of rotatable bonds is 1. The first-order chi connectivity index (χ1) is 8.74. The third kappa shape index (κ3) is 1.97. The van der Waals surface area contributed by atoms with Crippen molar-refractivity contribution in [2.45, 2.75) is 18.6 Å². The van der Waals surface area contributed by atoms with Gasteiger partial charge in [0, 0.05) is 12.0 Å². The molecule has 2 nitrogen and oxygen atoms in total. The standard InChI is InChI=1S/C15H13FO2/c16-11-7-5-10(6-8-11)15-9-13(17)12-3-1-2-4-14(12)18-15/h1-8,13,15,17H,9H2/t13-,15-/m1/s1. The van der Waals surface area contributed by atoms with E-state index in [-0.39, 0.29) is 11.9 Å². The first-order valence-electron chi connectivity index (χ1n) is 5.93. The van der Waals surface area contributed by atoms with Crippen LogP contribution in [0.2, 0.25) is 0 Å². The van der Waals surface area contributed by atoms with E-state index in [4.69, 9.17) is 4.74 Å². The van der Waals surface area contributed by atoms with E-state index >= 15 is 0 Å². The molecule has 1 aliphatic heterocycles. The van der Waals surface area contributed by atoms with E-state index in [2.05, 4.69) is 0 Å². The van der Waals surface area contributed by atoms with E-state index in [0.717, 1.165) is 11.1 Å². The molecule has 0 aliphatic carbocycles. The lowest BCUT2D eigenvalue weighted by molar-refractivity contribution is 0.0657. The summed E-state index contributed by atoms with van der Waals surface area (Å²) in [6, 6.07) is 13.7. The summed E-state index contributed by atoms with van der Waals surface area (Å²) < 4.78 is 18.7. The highest BCUT2D eigenvalue weighted by atomic mass is 19.1. The van der Waals surface area contributed by atoms with Crippen LogP contribution < -0.4 is 4.74 Å². The largest absolute Gasteiger partial charge is 0.485 e. The van der Waals surface area contributed by atoms with Crippen molar-refractivity contribution in [1.82, 2.24) is 0 Å². The molecule has 1 N–H and O–H groups in total. The van der Waals surface area contributed by atoms with E-state index in [9.17, 15) is 9.50 Å². The zero-order valence-corrected chi connectivity index (χ0v) is 9.71. The van der Waals surface area contributed by atoms with Crippen molar-refractivity contribution in [3.8, 4) is 5.75 Å². The molecule has 92 valence electrons. The van der Waals surface area contributed by atoms with Crippen molar-refractivity contribution in [3.63, 3.8) is 0 Å². The van der Waals surface area contributed by atoms with E-state index in [1.54, 1.807) is 12.1 Å². The van der Waals surface area contributed by atoms with Crippen LogP contribution in [0.25, 0.3) is 0 Å². The molecule has 18 heavy (non-hydrogen) atoms. The van der Waals surface area contributed by atoms with Crippen LogP contribution in [-0.2, 0) is 0 Å². The Bertz CT molecular complexity index is 551. The molecule has 0 amide bonds. The first-order valence-corrected chi connectivity index (χ1v) is 5.93. The van der Waals surface area contributed by atoms with Gasteiger partial charge in [0.2, 0.25) is 0 Å². The molecule has 0 bridgehead atoms. The summed E-state index contributed by atoms with van der Waals surface area (Å²) in [7, 11) is 0. The van der Waals surface area contributed by atoms with Crippen LogP contribution in [0.3, 0.4) is 0 Å². The summed E-state index contributed by atoms with van der Waals surface area (Å²) in [5, 5.41) is 10.1. The Labute approximate surface area is 105 Å². The second-order valence-electron chi connectivity index (χ2n) is 4.45. The molecule has 3 heteroatoms. The molecule has 0 unspecified atom stereocenters. The monoisotopic (exact) mass is 244 g/mol. The van der Waals surface area contributed by atoms with Crippen molar-refractivity contribution in [1.29, 1.82) is 0 Å². The summed E-state index contributed by atoms with van der Waals surface area (Å²) in [5.41, 5.74) is 1.70. The molecule has 0 spiro atoms. The fourth-order valence-corrected chi connectivity index (χ4v) is 2.28. The van der Waals surface area contributed by atoms with Gasteiger partial charge in [-0.2, -0.15) is 0 Å². The summed E-state index contributed by atoms with van der Waals surface area (Å²) in [4.78, 5) is 0. The third-order valence-electron chi connectivity index (χ3n) is 3.23. The van der Waals surface area contributed by atoms with Gasteiger partial charge in [0.15, 0.2) is 0 Å². The third-order valence-corrected chi connectivity index (χ3v) is 3.23. The highest BCUT2D eigenvalue weighted by Gasteiger charge is 2.27. The maximum atomic E-state index is 12.9. The minimum absolute atomic E-state index is 0.226. The molecule has 1 heterocycles. The number of hydrogen-bond acceptors (Lipinski definition) is 2. The molecule has 0 fully saturated rings. The van der Waals surface area contributed by atoms with Crippen molar-refractivity contribution >= 4 is 0 Å². The summed E-state index contributed by atoms with van der Waals surface area (Å²) >= 11 is 0. The molecule has 2 aromatic rings. The Hall–Kier alpha value is -1.87. The number of aliphatic hydroxyl groups excluding tert-OH is 1. The second kappa shape index (κ2) is 4.42. The molecule has 0 aromatic heterocycles. The van der Waals surface area contributed by atoms with E-state index in [1.165, 1.54) is 12.1 Å². The van der Waals surface area contributed by atoms with Crippen LogP contribution in [-0.4, -0.2) is 5.11 Å². The summed E-state index contributed by atoms with van der Waals surface area (Å²) in [5.74, 6) is 0.432. The highest BCUT2D eigenvalue weighted by molar-refractivity contribution is 5.38. The number of ether oxygens (including phenoxy) is 1. The molecule has 1 aliphatic rings. The van der Waals surface area contributed by atoms with Gasteiger partial charge in [-0.05, 0) is 23.8 Å². The Kier molecular flexibility index (Phi) is 2.76.